The van der Waals surface area contributed by atoms with Crippen molar-refractivity contribution in [3.63, 3.8) is 0 Å². The Labute approximate surface area is 100 Å². The number of carbonyl (C=O) groups excluding carboxylic acids is 1. The zero-order chi connectivity index (χ0) is 12.4. The number of unbranched alkanes of at least 4 members (excludes halogenated alkanes) is 1. The van der Waals surface area contributed by atoms with Crippen LogP contribution in [0.3, 0.4) is 0 Å². The van der Waals surface area contributed by atoms with Gasteiger partial charge in [0.1, 0.15) is 0 Å². The summed E-state index contributed by atoms with van der Waals surface area (Å²) in [5.41, 5.74) is 0.783. The summed E-state index contributed by atoms with van der Waals surface area (Å²) in [4.78, 5) is 11.6. The number of ether oxygens (including phenoxy) is 1. The maximum Gasteiger partial charge on any atom is 0.333 e. The normalized spacial score (nSPS) is 13.6. The molecule has 2 nitrogen and oxygen atoms in total. The molecule has 0 N–H and O–H groups in total. The fourth-order valence-corrected chi connectivity index (χ4v) is 1.65. The van der Waals surface area contributed by atoms with Crippen molar-refractivity contribution in [2.24, 2.45) is 5.92 Å². The van der Waals surface area contributed by atoms with E-state index in [4.69, 9.17) is 4.74 Å². The van der Waals surface area contributed by atoms with Gasteiger partial charge in [-0.3, -0.25) is 0 Å². The van der Waals surface area contributed by atoms with E-state index in [0.717, 1.165) is 24.8 Å². The summed E-state index contributed by atoms with van der Waals surface area (Å²) < 4.78 is 5.33. The van der Waals surface area contributed by atoms with Crippen molar-refractivity contribution >= 4 is 5.97 Å². The van der Waals surface area contributed by atoms with Gasteiger partial charge in [0.05, 0.1) is 6.61 Å². The second kappa shape index (κ2) is 9.44. The van der Waals surface area contributed by atoms with Gasteiger partial charge in [-0.1, -0.05) is 46.1 Å². The first-order chi connectivity index (χ1) is 7.69. The highest BCUT2D eigenvalue weighted by molar-refractivity contribution is 5.88. The number of rotatable bonds is 8. The van der Waals surface area contributed by atoms with Crippen LogP contribution in [0.15, 0.2) is 11.6 Å². The molecule has 16 heavy (non-hydrogen) atoms. The maximum absolute atomic E-state index is 11.6. The Bertz CT molecular complexity index is 219. The molecule has 0 aromatic heterocycles. The Balaban J connectivity index is 3.96. The zero-order valence-electron chi connectivity index (χ0n) is 11.2. The molecule has 0 radical (unpaired) electrons. The first-order valence-electron chi connectivity index (χ1n) is 6.51. The van der Waals surface area contributed by atoms with E-state index in [0.29, 0.717) is 12.5 Å². The van der Waals surface area contributed by atoms with Crippen molar-refractivity contribution in [1.29, 1.82) is 0 Å². The van der Waals surface area contributed by atoms with Crippen molar-refractivity contribution < 1.29 is 9.53 Å². The topological polar surface area (TPSA) is 26.3 Å². The van der Waals surface area contributed by atoms with Crippen molar-refractivity contribution in [1.82, 2.24) is 0 Å². The summed E-state index contributed by atoms with van der Waals surface area (Å²) in [6.45, 7) is 8.78. The van der Waals surface area contributed by atoms with E-state index in [9.17, 15) is 4.79 Å². The van der Waals surface area contributed by atoms with Crippen LogP contribution >= 0.6 is 0 Å². The fraction of sp³-hybridized carbons (Fsp3) is 0.786. The number of carbonyl (C=O) groups is 1. The minimum absolute atomic E-state index is 0.139. The molecule has 0 fully saturated rings. The largest absolute Gasteiger partial charge is 0.462 e. The van der Waals surface area contributed by atoms with Crippen LogP contribution in [0, 0.1) is 5.92 Å². The molecular weight excluding hydrogens is 200 g/mol. The molecule has 0 aliphatic heterocycles. The van der Waals surface area contributed by atoms with Crippen LogP contribution < -0.4 is 0 Å². The summed E-state index contributed by atoms with van der Waals surface area (Å²) in [6.07, 6.45) is 7.28. The Morgan fingerprint density at radius 2 is 2.00 bits per heavy atom. The number of esters is 1. The van der Waals surface area contributed by atoms with E-state index < -0.39 is 0 Å². The Morgan fingerprint density at radius 3 is 2.44 bits per heavy atom. The van der Waals surface area contributed by atoms with Gasteiger partial charge in [-0.15, -0.1) is 0 Å². The average Bonchev–Trinajstić information content (AvgIpc) is 2.31. The van der Waals surface area contributed by atoms with Gasteiger partial charge in [0.25, 0.3) is 0 Å². The van der Waals surface area contributed by atoms with Gasteiger partial charge in [0, 0.05) is 5.57 Å². The van der Waals surface area contributed by atoms with E-state index >= 15 is 0 Å². The standard InChI is InChI=1S/C14H26O2/c1-5-9-10-12(6-2)11-16-14(15)13(7-3)8-4/h7,12H,5-6,8-11H2,1-4H3. The van der Waals surface area contributed by atoms with Crippen molar-refractivity contribution in [2.75, 3.05) is 6.61 Å². The van der Waals surface area contributed by atoms with Crippen molar-refractivity contribution in [3.05, 3.63) is 11.6 Å². The highest BCUT2D eigenvalue weighted by atomic mass is 16.5. The molecule has 0 aromatic rings. The molecule has 0 spiro atoms. The second-order valence-corrected chi connectivity index (χ2v) is 4.18. The molecular formula is C14H26O2. The minimum Gasteiger partial charge on any atom is -0.462 e. The molecule has 94 valence electrons. The number of hydrogen-bond donors (Lipinski definition) is 0. The highest BCUT2D eigenvalue weighted by Gasteiger charge is 2.12. The van der Waals surface area contributed by atoms with Crippen LogP contribution in [0.25, 0.3) is 0 Å². The summed E-state index contributed by atoms with van der Waals surface area (Å²) in [7, 11) is 0. The lowest BCUT2D eigenvalue weighted by Crippen LogP contribution is -2.15. The lowest BCUT2D eigenvalue weighted by molar-refractivity contribution is -0.140. The SMILES string of the molecule is CC=C(CC)C(=O)OCC(CC)CCCC. The molecule has 1 atom stereocenters. The highest BCUT2D eigenvalue weighted by Crippen LogP contribution is 2.14. The van der Waals surface area contributed by atoms with Gasteiger partial charge in [-0.05, 0) is 25.7 Å². The zero-order valence-corrected chi connectivity index (χ0v) is 11.2. The molecule has 0 rings (SSSR count). The van der Waals surface area contributed by atoms with Gasteiger partial charge in [-0.2, -0.15) is 0 Å². The molecule has 0 bridgehead atoms. The van der Waals surface area contributed by atoms with Crippen LogP contribution in [-0.2, 0) is 9.53 Å². The second-order valence-electron chi connectivity index (χ2n) is 4.18. The summed E-state index contributed by atoms with van der Waals surface area (Å²) in [5, 5.41) is 0. The van der Waals surface area contributed by atoms with E-state index in [1.54, 1.807) is 0 Å². The Morgan fingerprint density at radius 1 is 1.31 bits per heavy atom. The summed E-state index contributed by atoms with van der Waals surface area (Å²) >= 11 is 0. The first-order valence-corrected chi connectivity index (χ1v) is 6.51. The smallest absolute Gasteiger partial charge is 0.333 e. The molecule has 0 aromatic carbocycles. The monoisotopic (exact) mass is 226 g/mol. The first kappa shape index (κ1) is 15.2. The van der Waals surface area contributed by atoms with Gasteiger partial charge in [0.15, 0.2) is 0 Å². The molecule has 1 unspecified atom stereocenters. The quantitative estimate of drug-likeness (QED) is 0.460. The summed E-state index contributed by atoms with van der Waals surface area (Å²) in [6, 6.07) is 0. The molecule has 0 amide bonds. The number of hydrogen-bond acceptors (Lipinski definition) is 2. The Hall–Kier alpha value is -0.790. The van der Waals surface area contributed by atoms with Gasteiger partial charge >= 0.3 is 5.97 Å². The van der Waals surface area contributed by atoms with E-state index in [2.05, 4.69) is 13.8 Å². The fourth-order valence-electron chi connectivity index (χ4n) is 1.65. The lowest BCUT2D eigenvalue weighted by Gasteiger charge is -2.15. The van der Waals surface area contributed by atoms with Crippen molar-refractivity contribution in [3.8, 4) is 0 Å². The third-order valence-electron chi connectivity index (χ3n) is 2.98. The molecule has 0 heterocycles. The third-order valence-corrected chi connectivity index (χ3v) is 2.98. The van der Waals surface area contributed by atoms with Crippen LogP contribution in [-0.4, -0.2) is 12.6 Å². The third kappa shape index (κ3) is 5.94. The van der Waals surface area contributed by atoms with E-state index in [-0.39, 0.29) is 5.97 Å². The predicted octanol–water partition coefficient (Wildman–Crippen LogP) is 4.10. The van der Waals surface area contributed by atoms with Crippen LogP contribution in [0.5, 0.6) is 0 Å². The average molecular weight is 226 g/mol. The van der Waals surface area contributed by atoms with Crippen molar-refractivity contribution in [2.45, 2.75) is 59.8 Å². The van der Waals surface area contributed by atoms with E-state index in [1.165, 1.54) is 12.8 Å². The molecule has 0 aliphatic carbocycles. The molecule has 2 heteroatoms. The number of allylic oxidation sites excluding steroid dienone is 1. The van der Waals surface area contributed by atoms with Gasteiger partial charge < -0.3 is 4.74 Å². The van der Waals surface area contributed by atoms with E-state index in [1.807, 2.05) is 19.9 Å². The minimum atomic E-state index is -0.139. The van der Waals surface area contributed by atoms with Crippen LogP contribution in [0.4, 0.5) is 0 Å². The maximum atomic E-state index is 11.6. The predicted molar refractivity (Wildman–Crippen MR) is 68.3 cm³/mol. The lowest BCUT2D eigenvalue weighted by atomic mass is 10.0. The summed E-state index contributed by atoms with van der Waals surface area (Å²) in [5.74, 6) is 0.388. The molecule has 0 saturated carbocycles. The molecule has 0 aliphatic rings. The molecule has 0 saturated heterocycles. The van der Waals surface area contributed by atoms with Crippen LogP contribution in [0.2, 0.25) is 0 Å². The Kier molecular flexibility index (Phi) is 8.97. The van der Waals surface area contributed by atoms with Gasteiger partial charge in [-0.25, -0.2) is 4.79 Å². The van der Waals surface area contributed by atoms with Gasteiger partial charge in [0.2, 0.25) is 0 Å². The van der Waals surface area contributed by atoms with Crippen LogP contribution in [0.1, 0.15) is 59.8 Å².